The first kappa shape index (κ1) is 11.6. The highest BCUT2D eigenvalue weighted by Crippen LogP contribution is 2.22. The average Bonchev–Trinajstić information content (AvgIpc) is 2.74. The number of nitrogens with one attached hydrogen (secondary N) is 1. The molecule has 0 bridgehead atoms. The van der Waals surface area contributed by atoms with Gasteiger partial charge in [0.2, 0.25) is 0 Å². The molecule has 3 N–H and O–H groups in total. The summed E-state index contributed by atoms with van der Waals surface area (Å²) in [6.45, 7) is 5.65. The molecule has 0 spiro atoms. The zero-order valence-corrected chi connectivity index (χ0v) is 10.8. The average molecular weight is 244 g/mol. The monoisotopic (exact) mass is 244 g/mol. The molecule has 4 nitrogen and oxygen atoms in total. The molecule has 0 aliphatic carbocycles. The molecular formula is C14H20N4. The van der Waals surface area contributed by atoms with E-state index in [1.54, 1.807) is 0 Å². The number of likely N-dealkylation sites (N-methyl/N-ethyl adjacent to an activating group) is 1. The van der Waals surface area contributed by atoms with Gasteiger partial charge in [0.05, 0.1) is 0 Å². The van der Waals surface area contributed by atoms with Crippen molar-refractivity contribution in [1.82, 2.24) is 14.8 Å². The van der Waals surface area contributed by atoms with Gasteiger partial charge >= 0.3 is 0 Å². The first-order valence-corrected chi connectivity index (χ1v) is 6.49. The Hall–Kier alpha value is -1.52. The largest absolute Gasteiger partial charge is 0.399 e. The van der Waals surface area contributed by atoms with E-state index in [2.05, 4.69) is 34.1 Å². The predicted molar refractivity (Wildman–Crippen MR) is 75.5 cm³/mol. The molecule has 2 heterocycles. The normalized spacial score (nSPS) is 18.5. The van der Waals surface area contributed by atoms with Crippen molar-refractivity contribution in [2.45, 2.75) is 6.54 Å². The van der Waals surface area contributed by atoms with Crippen molar-refractivity contribution in [2.24, 2.45) is 0 Å². The van der Waals surface area contributed by atoms with Gasteiger partial charge in [-0.3, -0.25) is 4.90 Å². The first-order valence-electron chi connectivity index (χ1n) is 6.49. The number of hydrogen-bond donors (Lipinski definition) is 2. The van der Waals surface area contributed by atoms with Crippen LogP contribution in [-0.4, -0.2) is 48.0 Å². The summed E-state index contributed by atoms with van der Waals surface area (Å²) in [6, 6.07) is 6.10. The van der Waals surface area contributed by atoms with Crippen LogP contribution in [0.4, 0.5) is 5.69 Å². The van der Waals surface area contributed by atoms with Gasteiger partial charge < -0.3 is 15.6 Å². The van der Waals surface area contributed by atoms with Gasteiger partial charge in [-0.1, -0.05) is 6.07 Å². The van der Waals surface area contributed by atoms with Gasteiger partial charge in [-0.2, -0.15) is 0 Å². The van der Waals surface area contributed by atoms with Crippen molar-refractivity contribution < 1.29 is 0 Å². The molecule has 1 aromatic carbocycles. The van der Waals surface area contributed by atoms with Crippen molar-refractivity contribution in [3.8, 4) is 0 Å². The fourth-order valence-corrected chi connectivity index (χ4v) is 2.58. The van der Waals surface area contributed by atoms with E-state index in [4.69, 9.17) is 5.73 Å². The summed E-state index contributed by atoms with van der Waals surface area (Å²) >= 11 is 0. The van der Waals surface area contributed by atoms with E-state index in [0.717, 1.165) is 43.9 Å². The second-order valence-corrected chi connectivity index (χ2v) is 5.20. The van der Waals surface area contributed by atoms with Crippen molar-refractivity contribution in [2.75, 3.05) is 39.0 Å². The Morgan fingerprint density at radius 3 is 2.78 bits per heavy atom. The number of rotatable bonds is 2. The summed E-state index contributed by atoms with van der Waals surface area (Å²) in [4.78, 5) is 8.20. The number of fused-ring (bicyclic) bond motifs is 1. The van der Waals surface area contributed by atoms with Gasteiger partial charge in [-0.25, -0.2) is 0 Å². The minimum Gasteiger partial charge on any atom is -0.399 e. The fourth-order valence-electron chi connectivity index (χ4n) is 2.58. The Bertz CT molecular complexity index is 538. The Labute approximate surface area is 107 Å². The molecule has 0 radical (unpaired) electrons. The highest BCUT2D eigenvalue weighted by atomic mass is 15.2. The lowest BCUT2D eigenvalue weighted by Crippen LogP contribution is -2.43. The summed E-state index contributed by atoms with van der Waals surface area (Å²) in [6.07, 6.45) is 2.11. The number of benzene rings is 1. The molecule has 3 rings (SSSR count). The lowest BCUT2D eigenvalue weighted by molar-refractivity contribution is 0.148. The number of nitrogens with zero attached hydrogens (tertiary/aromatic N) is 2. The molecular weight excluding hydrogens is 224 g/mol. The van der Waals surface area contributed by atoms with E-state index in [0.29, 0.717) is 0 Å². The molecule has 0 atom stereocenters. The minimum atomic E-state index is 0.815. The lowest BCUT2D eigenvalue weighted by atomic mass is 10.1. The molecule has 1 aliphatic heterocycles. The number of piperazine rings is 1. The van der Waals surface area contributed by atoms with Gasteiger partial charge in [0.1, 0.15) is 0 Å². The quantitative estimate of drug-likeness (QED) is 0.787. The third kappa shape index (κ3) is 2.21. The van der Waals surface area contributed by atoms with Crippen LogP contribution in [0.25, 0.3) is 10.9 Å². The van der Waals surface area contributed by atoms with Gasteiger partial charge in [0.25, 0.3) is 0 Å². The van der Waals surface area contributed by atoms with Crippen molar-refractivity contribution in [3.05, 3.63) is 30.0 Å². The zero-order chi connectivity index (χ0) is 12.5. The topological polar surface area (TPSA) is 48.3 Å². The Balaban J connectivity index is 1.78. The Kier molecular flexibility index (Phi) is 2.97. The second kappa shape index (κ2) is 4.63. The number of nitrogen functional groups attached to an aromatic ring is 1. The third-order valence-corrected chi connectivity index (χ3v) is 3.78. The number of nitrogens with two attached hydrogens (primary N) is 1. The van der Waals surface area contributed by atoms with Gasteiger partial charge in [0.15, 0.2) is 0 Å². The molecule has 1 saturated heterocycles. The van der Waals surface area contributed by atoms with Crippen molar-refractivity contribution in [1.29, 1.82) is 0 Å². The SMILES string of the molecule is CN1CCN(Cc2c[nH]c3cc(N)ccc23)CC1. The summed E-state index contributed by atoms with van der Waals surface area (Å²) in [5.74, 6) is 0. The molecule has 1 aliphatic rings. The lowest BCUT2D eigenvalue weighted by Gasteiger charge is -2.32. The fraction of sp³-hybridized carbons (Fsp3) is 0.429. The third-order valence-electron chi connectivity index (χ3n) is 3.78. The van der Waals surface area contributed by atoms with Crippen LogP contribution in [0, 0.1) is 0 Å². The van der Waals surface area contributed by atoms with Crippen LogP contribution in [0.5, 0.6) is 0 Å². The van der Waals surface area contributed by atoms with Gasteiger partial charge in [-0.05, 0) is 24.7 Å². The number of aromatic nitrogens is 1. The Morgan fingerprint density at radius 1 is 1.22 bits per heavy atom. The van der Waals surface area contributed by atoms with Crippen molar-refractivity contribution >= 4 is 16.6 Å². The van der Waals surface area contributed by atoms with E-state index in [1.807, 2.05) is 12.1 Å². The Morgan fingerprint density at radius 2 is 2.00 bits per heavy atom. The maximum atomic E-state index is 5.80. The molecule has 2 aromatic rings. The van der Waals surface area contributed by atoms with E-state index in [-0.39, 0.29) is 0 Å². The summed E-state index contributed by atoms with van der Waals surface area (Å²) in [5.41, 5.74) is 9.12. The minimum absolute atomic E-state index is 0.815. The smallest absolute Gasteiger partial charge is 0.0477 e. The molecule has 4 heteroatoms. The van der Waals surface area contributed by atoms with Gasteiger partial charge in [-0.15, -0.1) is 0 Å². The van der Waals surface area contributed by atoms with Crippen LogP contribution in [0.15, 0.2) is 24.4 Å². The van der Waals surface area contributed by atoms with Crippen LogP contribution < -0.4 is 5.73 Å². The predicted octanol–water partition coefficient (Wildman–Crippen LogP) is 1.50. The zero-order valence-electron chi connectivity index (χ0n) is 10.8. The molecule has 0 unspecified atom stereocenters. The van der Waals surface area contributed by atoms with Crippen LogP contribution >= 0.6 is 0 Å². The van der Waals surface area contributed by atoms with Crippen LogP contribution in [0.2, 0.25) is 0 Å². The maximum Gasteiger partial charge on any atom is 0.0477 e. The molecule has 0 amide bonds. The highest BCUT2D eigenvalue weighted by molar-refractivity contribution is 5.85. The first-order chi connectivity index (χ1) is 8.72. The van der Waals surface area contributed by atoms with Crippen LogP contribution in [0.3, 0.4) is 0 Å². The summed E-state index contributed by atoms with van der Waals surface area (Å²) in [7, 11) is 2.19. The standard InChI is InChI=1S/C14H20N4/c1-17-4-6-18(7-5-17)10-11-9-16-14-8-12(15)2-3-13(11)14/h2-3,8-9,16H,4-7,10,15H2,1H3. The number of H-pyrrole nitrogens is 1. The maximum absolute atomic E-state index is 5.80. The summed E-state index contributed by atoms with van der Waals surface area (Å²) in [5, 5.41) is 1.29. The van der Waals surface area contributed by atoms with Crippen LogP contribution in [0.1, 0.15) is 5.56 Å². The number of anilines is 1. The highest BCUT2D eigenvalue weighted by Gasteiger charge is 2.15. The van der Waals surface area contributed by atoms with E-state index in [1.165, 1.54) is 10.9 Å². The van der Waals surface area contributed by atoms with E-state index in [9.17, 15) is 0 Å². The molecule has 18 heavy (non-hydrogen) atoms. The van der Waals surface area contributed by atoms with Crippen LogP contribution in [-0.2, 0) is 6.54 Å². The number of hydrogen-bond acceptors (Lipinski definition) is 3. The second-order valence-electron chi connectivity index (χ2n) is 5.20. The molecule has 0 saturated carbocycles. The molecule has 96 valence electrons. The molecule has 1 fully saturated rings. The van der Waals surface area contributed by atoms with Crippen molar-refractivity contribution in [3.63, 3.8) is 0 Å². The molecule has 1 aromatic heterocycles. The number of aromatic amines is 1. The summed E-state index contributed by atoms with van der Waals surface area (Å²) < 4.78 is 0. The van der Waals surface area contributed by atoms with E-state index < -0.39 is 0 Å². The van der Waals surface area contributed by atoms with Gasteiger partial charge in [0, 0.05) is 55.5 Å². The van der Waals surface area contributed by atoms with E-state index >= 15 is 0 Å².